The van der Waals surface area contributed by atoms with E-state index in [1.54, 1.807) is 0 Å². The van der Waals surface area contributed by atoms with Crippen LogP contribution in [-0.2, 0) is 19.2 Å². The first-order valence-electron chi connectivity index (χ1n) is 11.0. The summed E-state index contributed by atoms with van der Waals surface area (Å²) in [6.07, 6.45) is 22.7. The van der Waals surface area contributed by atoms with Gasteiger partial charge in [-0.05, 0) is 38.5 Å². The summed E-state index contributed by atoms with van der Waals surface area (Å²) in [6, 6.07) is 0. The minimum absolute atomic E-state index is 0.0888. The molecule has 2 amide bonds. The highest BCUT2D eigenvalue weighted by Crippen LogP contribution is 2.12. The van der Waals surface area contributed by atoms with E-state index >= 15 is 0 Å². The van der Waals surface area contributed by atoms with Crippen molar-refractivity contribution in [2.24, 2.45) is 0 Å². The fourth-order valence-corrected chi connectivity index (χ4v) is 2.92. The molecule has 1 heterocycles. The number of allylic oxidation sites excluding steroid dienone is 4. The van der Waals surface area contributed by atoms with Gasteiger partial charge in [-0.2, -0.15) is 0 Å². The van der Waals surface area contributed by atoms with E-state index < -0.39 is 17.8 Å². The number of unbranched alkanes of at least 4 members (excludes halogenated alkanes) is 9. The van der Waals surface area contributed by atoms with Crippen LogP contribution in [0.1, 0.15) is 96.8 Å². The van der Waals surface area contributed by atoms with Crippen molar-refractivity contribution in [2.75, 3.05) is 0 Å². The third-order valence-corrected chi connectivity index (χ3v) is 4.62. The van der Waals surface area contributed by atoms with Gasteiger partial charge in [-0.25, -0.2) is 4.79 Å². The van der Waals surface area contributed by atoms with E-state index in [1.807, 2.05) is 0 Å². The molecule has 0 bridgehead atoms. The van der Waals surface area contributed by atoms with Crippen LogP contribution in [0.4, 0.5) is 0 Å². The molecule has 0 aromatic carbocycles. The molecule has 0 N–H and O–H groups in total. The molecule has 1 fully saturated rings. The summed E-state index contributed by atoms with van der Waals surface area (Å²) in [5, 5.41) is 0.523. The van der Waals surface area contributed by atoms with Crippen molar-refractivity contribution < 1.29 is 19.2 Å². The maximum absolute atomic E-state index is 11.5. The van der Waals surface area contributed by atoms with Gasteiger partial charge >= 0.3 is 5.97 Å². The molecule has 0 aliphatic carbocycles. The molecule has 0 atom stereocenters. The van der Waals surface area contributed by atoms with Crippen LogP contribution in [0.2, 0.25) is 0 Å². The van der Waals surface area contributed by atoms with Crippen LogP contribution in [0, 0.1) is 11.8 Å². The first-order chi connectivity index (χ1) is 14.1. The zero-order valence-electron chi connectivity index (χ0n) is 17.8. The van der Waals surface area contributed by atoms with E-state index in [0.29, 0.717) is 11.5 Å². The zero-order chi connectivity index (χ0) is 21.2. The monoisotopic (exact) mass is 401 g/mol. The summed E-state index contributed by atoms with van der Waals surface area (Å²) in [6.45, 7) is 2.23. The van der Waals surface area contributed by atoms with Crippen LogP contribution >= 0.6 is 0 Å². The molecule has 0 spiro atoms. The molecule has 0 aromatic rings. The molecule has 1 aliphatic heterocycles. The quantitative estimate of drug-likeness (QED) is 0.169. The van der Waals surface area contributed by atoms with Crippen molar-refractivity contribution in [1.29, 1.82) is 0 Å². The van der Waals surface area contributed by atoms with Gasteiger partial charge in [-0.1, -0.05) is 69.3 Å². The number of amides is 2. The topological polar surface area (TPSA) is 63.7 Å². The molecular weight excluding hydrogens is 366 g/mol. The van der Waals surface area contributed by atoms with Crippen LogP contribution in [0.5, 0.6) is 0 Å². The second kappa shape index (κ2) is 16.6. The third kappa shape index (κ3) is 12.7. The van der Waals surface area contributed by atoms with Crippen molar-refractivity contribution >= 4 is 17.8 Å². The van der Waals surface area contributed by atoms with Gasteiger partial charge < -0.3 is 4.84 Å². The molecule has 0 unspecified atom stereocenters. The molecule has 0 radical (unpaired) electrons. The van der Waals surface area contributed by atoms with Gasteiger partial charge in [0.15, 0.2) is 0 Å². The van der Waals surface area contributed by atoms with E-state index in [4.69, 9.17) is 0 Å². The maximum Gasteiger partial charge on any atom is 0.409 e. The average molecular weight is 402 g/mol. The van der Waals surface area contributed by atoms with E-state index in [2.05, 4.69) is 47.9 Å². The van der Waals surface area contributed by atoms with Crippen LogP contribution in [0.15, 0.2) is 24.3 Å². The Hall–Kier alpha value is -2.35. The molecule has 1 saturated heterocycles. The Morgan fingerprint density at radius 1 is 0.897 bits per heavy atom. The van der Waals surface area contributed by atoms with Crippen molar-refractivity contribution in [3.63, 3.8) is 0 Å². The number of hydrogen-bond donors (Lipinski definition) is 0. The van der Waals surface area contributed by atoms with Gasteiger partial charge in [0.05, 0.1) is 0 Å². The second-order valence-corrected chi connectivity index (χ2v) is 7.24. The Bertz CT molecular complexity index is 609. The predicted molar refractivity (Wildman–Crippen MR) is 114 cm³/mol. The lowest BCUT2D eigenvalue weighted by Gasteiger charge is -2.09. The lowest BCUT2D eigenvalue weighted by molar-refractivity contribution is -0.193. The van der Waals surface area contributed by atoms with Gasteiger partial charge in [-0.3, -0.25) is 9.59 Å². The van der Waals surface area contributed by atoms with Gasteiger partial charge in [0.2, 0.25) is 0 Å². The van der Waals surface area contributed by atoms with Crippen LogP contribution < -0.4 is 0 Å². The fraction of sp³-hybridized carbons (Fsp3) is 0.625. The Labute approximate surface area is 175 Å². The minimum Gasteiger partial charge on any atom is -0.318 e. The molecule has 1 aliphatic rings. The Morgan fingerprint density at radius 3 is 2.14 bits per heavy atom. The maximum atomic E-state index is 11.5. The third-order valence-electron chi connectivity index (χ3n) is 4.62. The van der Waals surface area contributed by atoms with Gasteiger partial charge in [0, 0.05) is 25.2 Å². The number of carbonyl (C=O) groups is 3. The number of hydroxylamine groups is 2. The lowest BCUT2D eigenvalue weighted by atomic mass is 10.1. The number of nitrogens with zero attached hydrogens (tertiary/aromatic N) is 1. The zero-order valence-corrected chi connectivity index (χ0v) is 17.8. The molecule has 29 heavy (non-hydrogen) atoms. The molecule has 5 nitrogen and oxygen atoms in total. The van der Waals surface area contributed by atoms with Crippen molar-refractivity contribution in [2.45, 2.75) is 96.8 Å². The molecule has 0 aromatic heterocycles. The fourth-order valence-electron chi connectivity index (χ4n) is 2.92. The first-order valence-corrected chi connectivity index (χ1v) is 11.0. The summed E-state index contributed by atoms with van der Waals surface area (Å²) in [5.41, 5.74) is 0. The van der Waals surface area contributed by atoms with E-state index in [-0.39, 0.29) is 12.8 Å². The highest BCUT2D eigenvalue weighted by Gasteiger charge is 2.32. The van der Waals surface area contributed by atoms with E-state index in [9.17, 15) is 14.4 Å². The second-order valence-electron chi connectivity index (χ2n) is 7.24. The molecule has 5 heteroatoms. The lowest BCUT2D eigenvalue weighted by Crippen LogP contribution is -2.31. The molecule has 160 valence electrons. The number of imide groups is 1. The van der Waals surface area contributed by atoms with Gasteiger partial charge in [0.25, 0.3) is 11.8 Å². The predicted octanol–water partition coefficient (Wildman–Crippen LogP) is 5.41. The Balaban J connectivity index is 1.93. The SMILES string of the molecule is CCCCCC=CCC=CCCCCCCCC#CC(=O)ON1C(=O)CCC1=O. The van der Waals surface area contributed by atoms with E-state index in [0.717, 1.165) is 32.1 Å². The first kappa shape index (κ1) is 24.7. The smallest absolute Gasteiger partial charge is 0.318 e. The van der Waals surface area contributed by atoms with Crippen LogP contribution in [0.25, 0.3) is 0 Å². The molecular formula is C24H35NO4. The normalized spacial score (nSPS) is 14.0. The van der Waals surface area contributed by atoms with Crippen LogP contribution in [-0.4, -0.2) is 22.8 Å². The average Bonchev–Trinajstić information content (AvgIpc) is 3.02. The Morgan fingerprint density at radius 2 is 1.48 bits per heavy atom. The number of rotatable bonds is 14. The standard InChI is InChI=1S/C24H35NO4/c1-2-3-4-5-6-7-8-9-10-11-12-13-14-15-16-17-18-19-24(28)29-25-22(26)20-21-23(25)27/h6-7,9-10H,2-5,8,11-17,20-21H2,1H3. The molecule has 1 rings (SSSR count). The van der Waals surface area contributed by atoms with Gasteiger partial charge in [0.1, 0.15) is 0 Å². The summed E-state index contributed by atoms with van der Waals surface area (Å²) in [5.74, 6) is 3.25. The van der Waals surface area contributed by atoms with Crippen molar-refractivity contribution in [3.05, 3.63) is 24.3 Å². The van der Waals surface area contributed by atoms with E-state index in [1.165, 1.54) is 38.5 Å². The Kier molecular flexibility index (Phi) is 14.1. The minimum atomic E-state index is -0.851. The molecule has 0 saturated carbocycles. The summed E-state index contributed by atoms with van der Waals surface area (Å²) in [4.78, 5) is 38.8. The van der Waals surface area contributed by atoms with Crippen LogP contribution in [0.3, 0.4) is 0 Å². The van der Waals surface area contributed by atoms with Gasteiger partial charge in [-0.15, -0.1) is 5.06 Å². The number of carbonyl (C=O) groups excluding carboxylic acids is 3. The van der Waals surface area contributed by atoms with Crippen molar-refractivity contribution in [1.82, 2.24) is 5.06 Å². The number of hydrogen-bond acceptors (Lipinski definition) is 4. The largest absolute Gasteiger partial charge is 0.409 e. The highest BCUT2D eigenvalue weighted by molar-refractivity contribution is 6.02. The summed E-state index contributed by atoms with van der Waals surface area (Å²) in [7, 11) is 0. The van der Waals surface area contributed by atoms with Crippen molar-refractivity contribution in [3.8, 4) is 11.8 Å². The summed E-state index contributed by atoms with van der Waals surface area (Å²) >= 11 is 0. The summed E-state index contributed by atoms with van der Waals surface area (Å²) < 4.78 is 0. The highest BCUT2D eigenvalue weighted by atomic mass is 16.7.